The van der Waals surface area contributed by atoms with Crippen molar-refractivity contribution in [1.29, 1.82) is 0 Å². The van der Waals surface area contributed by atoms with Crippen molar-refractivity contribution in [2.45, 2.75) is 19.4 Å². The molecule has 5 heteroatoms. The van der Waals surface area contributed by atoms with Crippen LogP contribution >= 0.6 is 11.6 Å². The number of nitrogens with zero attached hydrogens (tertiary/aromatic N) is 1. The van der Waals surface area contributed by atoms with Crippen LogP contribution in [0.5, 0.6) is 0 Å². The topological polar surface area (TPSA) is 49.4 Å². The first-order valence-corrected chi connectivity index (χ1v) is 6.24. The van der Waals surface area contributed by atoms with Crippen molar-refractivity contribution in [1.82, 2.24) is 10.2 Å². The highest BCUT2D eigenvalue weighted by atomic mass is 35.5. The van der Waals surface area contributed by atoms with E-state index in [1.54, 1.807) is 4.90 Å². The van der Waals surface area contributed by atoms with Gasteiger partial charge >= 0.3 is 6.03 Å². The Hall–Kier alpha value is -1.55. The fraction of sp³-hybridized carbons (Fsp3) is 0.385. The molecule has 1 aromatic carbocycles. The zero-order valence-corrected chi connectivity index (χ0v) is 10.9. The normalized spacial score (nSPS) is 16.6. The van der Waals surface area contributed by atoms with E-state index in [1.165, 1.54) is 0 Å². The molecule has 1 aliphatic rings. The van der Waals surface area contributed by atoms with Gasteiger partial charge in [0.05, 0.1) is 6.04 Å². The third kappa shape index (κ3) is 2.64. The molecule has 0 bridgehead atoms. The van der Waals surface area contributed by atoms with Gasteiger partial charge in [0.15, 0.2) is 0 Å². The number of aryl methyl sites for hydroxylation is 1. The van der Waals surface area contributed by atoms with Gasteiger partial charge in [0.25, 0.3) is 0 Å². The highest BCUT2D eigenvalue weighted by Crippen LogP contribution is 2.20. The van der Waals surface area contributed by atoms with E-state index in [4.69, 9.17) is 11.6 Å². The minimum Gasteiger partial charge on any atom is -0.336 e. The van der Waals surface area contributed by atoms with Gasteiger partial charge in [0.1, 0.15) is 6.29 Å². The maximum Gasteiger partial charge on any atom is 0.318 e. The number of aldehydes is 1. The number of rotatable bonds is 4. The van der Waals surface area contributed by atoms with Crippen LogP contribution in [0.1, 0.15) is 11.1 Å². The molecule has 2 rings (SSSR count). The molecule has 1 aliphatic heterocycles. The molecule has 1 aromatic rings. The highest BCUT2D eigenvalue weighted by molar-refractivity contribution is 6.31. The molecule has 1 N–H and O–H groups in total. The van der Waals surface area contributed by atoms with E-state index in [0.29, 0.717) is 24.5 Å². The van der Waals surface area contributed by atoms with Crippen molar-refractivity contribution < 1.29 is 9.59 Å². The fourth-order valence-electron chi connectivity index (χ4n) is 2.08. The predicted molar refractivity (Wildman–Crippen MR) is 69.8 cm³/mol. The van der Waals surface area contributed by atoms with E-state index in [1.807, 2.05) is 25.1 Å². The van der Waals surface area contributed by atoms with Gasteiger partial charge in [-0.3, -0.25) is 0 Å². The van der Waals surface area contributed by atoms with Crippen molar-refractivity contribution in [3.05, 3.63) is 34.3 Å². The molecular formula is C13H15ClN2O2. The van der Waals surface area contributed by atoms with Crippen LogP contribution in [0, 0.1) is 6.92 Å². The lowest BCUT2D eigenvalue weighted by molar-refractivity contribution is -0.111. The van der Waals surface area contributed by atoms with E-state index in [-0.39, 0.29) is 6.03 Å². The van der Waals surface area contributed by atoms with Gasteiger partial charge in [0, 0.05) is 24.5 Å². The number of urea groups is 1. The van der Waals surface area contributed by atoms with Crippen LogP contribution in [-0.4, -0.2) is 36.3 Å². The first kappa shape index (κ1) is 12.9. The minimum atomic E-state index is -0.451. The van der Waals surface area contributed by atoms with E-state index in [9.17, 15) is 9.59 Å². The quantitative estimate of drug-likeness (QED) is 0.845. The maximum absolute atomic E-state index is 11.5. The van der Waals surface area contributed by atoms with Gasteiger partial charge in [-0.25, -0.2) is 4.79 Å². The highest BCUT2D eigenvalue weighted by Gasteiger charge is 2.27. The van der Waals surface area contributed by atoms with Crippen LogP contribution in [0.25, 0.3) is 0 Å². The number of amides is 2. The molecule has 96 valence electrons. The Bertz CT molecular complexity index is 476. The van der Waals surface area contributed by atoms with Crippen molar-refractivity contribution >= 4 is 23.9 Å². The summed E-state index contributed by atoms with van der Waals surface area (Å²) in [5.74, 6) is 0. The second-order valence-electron chi connectivity index (χ2n) is 4.43. The molecule has 0 radical (unpaired) electrons. The van der Waals surface area contributed by atoms with Gasteiger partial charge in [-0.1, -0.05) is 23.7 Å². The summed E-state index contributed by atoms with van der Waals surface area (Å²) in [4.78, 5) is 24.2. The first-order valence-electron chi connectivity index (χ1n) is 5.86. The minimum absolute atomic E-state index is 0.185. The Labute approximate surface area is 111 Å². The lowest BCUT2D eigenvalue weighted by atomic mass is 10.0. The summed E-state index contributed by atoms with van der Waals surface area (Å²) in [6, 6.07) is 5.08. The molecule has 0 aliphatic carbocycles. The molecule has 0 spiro atoms. The van der Waals surface area contributed by atoms with Crippen LogP contribution < -0.4 is 5.32 Å². The predicted octanol–water partition coefficient (Wildman–Crippen LogP) is 1.78. The summed E-state index contributed by atoms with van der Waals surface area (Å²) in [5, 5.41) is 3.33. The second kappa shape index (κ2) is 5.40. The third-order valence-electron chi connectivity index (χ3n) is 3.08. The Balaban J connectivity index is 2.15. The zero-order chi connectivity index (χ0) is 13.1. The van der Waals surface area contributed by atoms with E-state index in [0.717, 1.165) is 17.4 Å². The summed E-state index contributed by atoms with van der Waals surface area (Å²) in [6.45, 7) is 3.11. The molecule has 2 amide bonds. The number of nitrogens with one attached hydrogen (secondary N) is 1. The van der Waals surface area contributed by atoms with Crippen LogP contribution in [0.3, 0.4) is 0 Å². The largest absolute Gasteiger partial charge is 0.336 e. The summed E-state index contributed by atoms with van der Waals surface area (Å²) in [6.07, 6.45) is 1.26. The van der Waals surface area contributed by atoms with Gasteiger partial charge in [-0.2, -0.15) is 0 Å². The van der Waals surface area contributed by atoms with Crippen molar-refractivity contribution in [2.24, 2.45) is 0 Å². The zero-order valence-electron chi connectivity index (χ0n) is 10.1. The van der Waals surface area contributed by atoms with Crippen molar-refractivity contribution in [2.75, 3.05) is 13.1 Å². The number of halogens is 1. The van der Waals surface area contributed by atoms with Crippen LogP contribution in [0.4, 0.5) is 4.79 Å². The van der Waals surface area contributed by atoms with Gasteiger partial charge in [0.2, 0.25) is 0 Å². The number of benzene rings is 1. The Morgan fingerprint density at radius 1 is 1.56 bits per heavy atom. The van der Waals surface area contributed by atoms with Gasteiger partial charge < -0.3 is 15.0 Å². The van der Waals surface area contributed by atoms with E-state index >= 15 is 0 Å². The summed E-state index contributed by atoms with van der Waals surface area (Å²) >= 11 is 6.14. The molecule has 1 atom stereocenters. The number of carbonyl (C=O) groups excluding carboxylic acids is 2. The molecule has 1 fully saturated rings. The number of hydrogen-bond acceptors (Lipinski definition) is 2. The lowest BCUT2D eigenvalue weighted by Gasteiger charge is -2.22. The average Bonchev–Trinajstić information content (AvgIpc) is 2.75. The first-order chi connectivity index (χ1) is 8.61. The molecule has 1 saturated heterocycles. The molecule has 4 nitrogen and oxygen atoms in total. The molecular weight excluding hydrogens is 252 g/mol. The van der Waals surface area contributed by atoms with Crippen LogP contribution in [0.15, 0.2) is 18.2 Å². The maximum atomic E-state index is 11.5. The van der Waals surface area contributed by atoms with E-state index in [2.05, 4.69) is 5.32 Å². The number of hydrogen-bond donors (Lipinski definition) is 1. The Kier molecular flexibility index (Phi) is 3.87. The molecule has 1 unspecified atom stereocenters. The lowest BCUT2D eigenvalue weighted by Crippen LogP contribution is -2.40. The standard InChI is InChI=1S/C13H15ClN2O2/c1-9-2-3-10(12(14)6-9)7-11(8-17)16-5-4-15-13(16)18/h2-3,6,8,11H,4-5,7H2,1H3,(H,15,18). The Morgan fingerprint density at radius 2 is 2.33 bits per heavy atom. The van der Waals surface area contributed by atoms with Crippen molar-refractivity contribution in [3.8, 4) is 0 Å². The molecule has 18 heavy (non-hydrogen) atoms. The summed E-state index contributed by atoms with van der Waals surface area (Å²) in [5.41, 5.74) is 1.96. The smallest absolute Gasteiger partial charge is 0.318 e. The fourth-order valence-corrected chi connectivity index (χ4v) is 2.39. The van der Waals surface area contributed by atoms with Crippen molar-refractivity contribution in [3.63, 3.8) is 0 Å². The van der Waals surface area contributed by atoms with Gasteiger partial charge in [-0.05, 0) is 24.1 Å². The second-order valence-corrected chi connectivity index (χ2v) is 4.83. The number of carbonyl (C=O) groups is 2. The Morgan fingerprint density at radius 3 is 2.89 bits per heavy atom. The molecule has 0 saturated carbocycles. The summed E-state index contributed by atoms with van der Waals surface area (Å²) in [7, 11) is 0. The SMILES string of the molecule is Cc1ccc(CC(C=O)N2CCNC2=O)c(Cl)c1. The monoisotopic (exact) mass is 266 g/mol. The van der Waals surface area contributed by atoms with Crippen LogP contribution in [-0.2, 0) is 11.2 Å². The van der Waals surface area contributed by atoms with Crippen LogP contribution in [0.2, 0.25) is 5.02 Å². The molecule has 0 aromatic heterocycles. The third-order valence-corrected chi connectivity index (χ3v) is 3.44. The average molecular weight is 267 g/mol. The molecule has 1 heterocycles. The summed E-state index contributed by atoms with van der Waals surface area (Å²) < 4.78 is 0. The van der Waals surface area contributed by atoms with E-state index < -0.39 is 6.04 Å². The van der Waals surface area contributed by atoms with Gasteiger partial charge in [-0.15, -0.1) is 0 Å².